The number of imidazole rings is 1. The molecule has 0 amide bonds. The summed E-state index contributed by atoms with van der Waals surface area (Å²) in [5.74, 6) is -0.00296. The molecule has 0 N–H and O–H groups in total. The van der Waals surface area contributed by atoms with Crippen molar-refractivity contribution in [1.82, 2.24) is 9.38 Å². The van der Waals surface area contributed by atoms with Gasteiger partial charge in [0.1, 0.15) is 0 Å². The van der Waals surface area contributed by atoms with E-state index in [0.29, 0.717) is 11.3 Å². The van der Waals surface area contributed by atoms with Crippen LogP contribution in [0.3, 0.4) is 0 Å². The van der Waals surface area contributed by atoms with Crippen molar-refractivity contribution in [2.24, 2.45) is 0 Å². The van der Waals surface area contributed by atoms with Gasteiger partial charge < -0.3 is 10.1 Å². The summed E-state index contributed by atoms with van der Waals surface area (Å²) in [6.07, 6.45) is 1.65. The van der Waals surface area contributed by atoms with Crippen LogP contribution >= 0.6 is 0 Å². The van der Waals surface area contributed by atoms with E-state index < -0.39 is 4.92 Å². The Hall–Kier alpha value is -2.69. The van der Waals surface area contributed by atoms with Gasteiger partial charge in [-0.3, -0.25) is 0 Å². The van der Waals surface area contributed by atoms with Gasteiger partial charge in [0.25, 0.3) is 0 Å². The average molecular weight is 239 g/mol. The molecule has 2 heterocycles. The van der Waals surface area contributed by atoms with Crippen molar-refractivity contribution >= 4 is 11.5 Å². The normalized spacial score (nSPS) is 10.7. The molecule has 0 aliphatic carbocycles. The number of nitrogens with zero attached hydrogens (tertiary/aromatic N) is 3. The maximum atomic E-state index is 11.2. The fourth-order valence-corrected chi connectivity index (χ4v) is 1.95. The van der Waals surface area contributed by atoms with Gasteiger partial charge in [0.05, 0.1) is 6.20 Å². The minimum atomic E-state index is -0.400. The molecule has 0 radical (unpaired) electrons. The largest absolute Gasteiger partial charge is 0.358 e. The summed E-state index contributed by atoms with van der Waals surface area (Å²) >= 11 is 0. The lowest BCUT2D eigenvalue weighted by Crippen LogP contribution is -1.95. The fourth-order valence-electron chi connectivity index (χ4n) is 1.95. The van der Waals surface area contributed by atoms with Crippen molar-refractivity contribution in [3.8, 4) is 11.3 Å². The minimum absolute atomic E-state index is 0.00296. The highest BCUT2D eigenvalue weighted by Crippen LogP contribution is 2.29. The molecule has 0 atom stereocenters. The summed E-state index contributed by atoms with van der Waals surface area (Å²) in [5, 5.41) is 11.2. The van der Waals surface area contributed by atoms with Crippen LogP contribution in [0, 0.1) is 10.1 Å². The molecule has 2 aromatic heterocycles. The molecule has 0 saturated carbocycles. The Morgan fingerprint density at radius 2 is 1.78 bits per heavy atom. The highest BCUT2D eigenvalue weighted by molar-refractivity contribution is 5.72. The second-order valence-corrected chi connectivity index (χ2v) is 3.84. The van der Waals surface area contributed by atoms with E-state index in [1.54, 1.807) is 24.4 Å². The Balaban J connectivity index is 2.36. The second-order valence-electron chi connectivity index (χ2n) is 3.84. The summed E-state index contributed by atoms with van der Waals surface area (Å²) < 4.78 is 1.49. The molecule has 88 valence electrons. The maximum absolute atomic E-state index is 11.2. The van der Waals surface area contributed by atoms with E-state index in [-0.39, 0.29) is 5.82 Å². The topological polar surface area (TPSA) is 60.4 Å². The third kappa shape index (κ3) is 1.53. The van der Waals surface area contributed by atoms with Crippen LogP contribution in [0.15, 0.2) is 54.7 Å². The molecule has 18 heavy (non-hydrogen) atoms. The van der Waals surface area contributed by atoms with Crippen molar-refractivity contribution in [3.63, 3.8) is 0 Å². The van der Waals surface area contributed by atoms with E-state index in [1.807, 2.05) is 30.3 Å². The number of benzene rings is 1. The van der Waals surface area contributed by atoms with Crippen LogP contribution in [0.1, 0.15) is 0 Å². The smallest absolute Gasteiger partial charge is 0.355 e. The molecule has 0 saturated heterocycles. The second kappa shape index (κ2) is 3.96. The van der Waals surface area contributed by atoms with Crippen LogP contribution in [0.2, 0.25) is 0 Å². The summed E-state index contributed by atoms with van der Waals surface area (Å²) in [6.45, 7) is 0. The molecule has 0 aliphatic heterocycles. The summed E-state index contributed by atoms with van der Waals surface area (Å²) in [5.41, 5.74) is 1.71. The molecule has 1 aromatic carbocycles. The minimum Gasteiger partial charge on any atom is -0.358 e. The van der Waals surface area contributed by atoms with Crippen LogP contribution in [-0.2, 0) is 0 Å². The quantitative estimate of drug-likeness (QED) is 0.510. The van der Waals surface area contributed by atoms with Crippen molar-refractivity contribution in [3.05, 3.63) is 64.8 Å². The monoisotopic (exact) mass is 239 g/mol. The van der Waals surface area contributed by atoms with Crippen molar-refractivity contribution in [2.45, 2.75) is 0 Å². The highest BCUT2D eigenvalue weighted by atomic mass is 16.6. The van der Waals surface area contributed by atoms with Crippen molar-refractivity contribution in [1.29, 1.82) is 0 Å². The van der Waals surface area contributed by atoms with E-state index in [9.17, 15) is 10.1 Å². The number of fused-ring (bicyclic) bond motifs is 1. The first-order chi connectivity index (χ1) is 8.77. The Kier molecular flexibility index (Phi) is 2.30. The van der Waals surface area contributed by atoms with E-state index >= 15 is 0 Å². The Bertz CT molecular complexity index is 719. The zero-order valence-corrected chi connectivity index (χ0v) is 9.35. The van der Waals surface area contributed by atoms with Crippen LogP contribution in [-0.4, -0.2) is 14.3 Å². The van der Waals surface area contributed by atoms with E-state index in [2.05, 4.69) is 4.98 Å². The summed E-state index contributed by atoms with van der Waals surface area (Å²) in [7, 11) is 0. The SMILES string of the molecule is O=[N+]([O-])c1c(-c2ccccc2)nc2ccccn12. The van der Waals surface area contributed by atoms with Gasteiger partial charge in [-0.2, -0.15) is 9.38 Å². The van der Waals surface area contributed by atoms with Gasteiger partial charge in [-0.05, 0) is 11.0 Å². The molecule has 0 aliphatic rings. The lowest BCUT2D eigenvalue weighted by atomic mass is 10.1. The molecule has 5 nitrogen and oxygen atoms in total. The van der Waals surface area contributed by atoms with E-state index in [1.165, 1.54) is 4.40 Å². The third-order valence-corrected chi connectivity index (χ3v) is 2.72. The lowest BCUT2D eigenvalue weighted by molar-refractivity contribution is -0.389. The van der Waals surface area contributed by atoms with E-state index in [0.717, 1.165) is 5.56 Å². The number of aromatic nitrogens is 2. The van der Waals surface area contributed by atoms with Crippen molar-refractivity contribution < 1.29 is 4.92 Å². The highest BCUT2D eigenvalue weighted by Gasteiger charge is 2.22. The van der Waals surface area contributed by atoms with Crippen molar-refractivity contribution in [2.75, 3.05) is 0 Å². The van der Waals surface area contributed by atoms with Gasteiger partial charge in [0.2, 0.25) is 5.65 Å². The maximum Gasteiger partial charge on any atom is 0.355 e. The zero-order chi connectivity index (χ0) is 12.5. The summed E-state index contributed by atoms with van der Waals surface area (Å²) in [6, 6.07) is 14.5. The van der Waals surface area contributed by atoms with Gasteiger partial charge in [-0.1, -0.05) is 36.4 Å². The van der Waals surface area contributed by atoms with E-state index in [4.69, 9.17) is 0 Å². The number of rotatable bonds is 2. The van der Waals surface area contributed by atoms with Crippen LogP contribution in [0.25, 0.3) is 16.9 Å². The third-order valence-electron chi connectivity index (χ3n) is 2.72. The lowest BCUT2D eigenvalue weighted by Gasteiger charge is -1.97. The Labute approximate surface area is 102 Å². The van der Waals surface area contributed by atoms with Gasteiger partial charge in [0.15, 0.2) is 5.69 Å². The molecule has 0 bridgehead atoms. The predicted molar refractivity (Wildman–Crippen MR) is 67.3 cm³/mol. The molecule has 0 fully saturated rings. The molecule has 3 aromatic rings. The number of nitro groups is 1. The van der Waals surface area contributed by atoms with Gasteiger partial charge in [-0.15, -0.1) is 0 Å². The zero-order valence-electron chi connectivity index (χ0n) is 9.35. The first-order valence-corrected chi connectivity index (χ1v) is 5.44. The first kappa shape index (κ1) is 10.5. The predicted octanol–water partition coefficient (Wildman–Crippen LogP) is 2.91. The van der Waals surface area contributed by atoms with Crippen LogP contribution < -0.4 is 0 Å². The molecule has 0 unspecified atom stereocenters. The van der Waals surface area contributed by atoms with Gasteiger partial charge >= 0.3 is 5.82 Å². The molecular formula is C13H9N3O2. The number of pyridine rings is 1. The van der Waals surface area contributed by atoms with Gasteiger partial charge in [0, 0.05) is 11.6 Å². The van der Waals surface area contributed by atoms with Crippen LogP contribution in [0.4, 0.5) is 5.82 Å². The molecular weight excluding hydrogens is 230 g/mol. The molecule has 5 heteroatoms. The Morgan fingerprint density at radius 3 is 2.50 bits per heavy atom. The Morgan fingerprint density at radius 1 is 1.06 bits per heavy atom. The fraction of sp³-hybridized carbons (Fsp3) is 0. The van der Waals surface area contributed by atoms with Crippen LogP contribution in [0.5, 0.6) is 0 Å². The summed E-state index contributed by atoms with van der Waals surface area (Å²) in [4.78, 5) is 15.1. The molecule has 0 spiro atoms. The standard InChI is InChI=1S/C13H9N3O2/c17-16(18)13-12(10-6-2-1-3-7-10)14-11-8-4-5-9-15(11)13/h1-9H. The average Bonchev–Trinajstić information content (AvgIpc) is 2.79. The molecule has 3 rings (SSSR count). The van der Waals surface area contributed by atoms with Gasteiger partial charge in [-0.25, -0.2) is 0 Å². The number of hydrogen-bond donors (Lipinski definition) is 0. The number of hydrogen-bond acceptors (Lipinski definition) is 3. The first-order valence-electron chi connectivity index (χ1n) is 5.44.